The summed E-state index contributed by atoms with van der Waals surface area (Å²) in [6.45, 7) is 12.6. The lowest BCUT2D eigenvalue weighted by Crippen LogP contribution is -2.57. The Bertz CT molecular complexity index is 222. The fourth-order valence-electron chi connectivity index (χ4n) is 2.85. The van der Waals surface area contributed by atoms with Gasteiger partial charge in [-0.15, -0.1) is 0 Å². The van der Waals surface area contributed by atoms with Crippen molar-refractivity contribution in [1.29, 1.82) is 0 Å². The van der Waals surface area contributed by atoms with E-state index in [4.69, 9.17) is 5.73 Å². The molecule has 0 spiro atoms. The van der Waals surface area contributed by atoms with Gasteiger partial charge in [-0.2, -0.15) is 0 Å². The first kappa shape index (κ1) is 12.3. The quantitative estimate of drug-likeness (QED) is 0.782. The first-order valence-corrected chi connectivity index (χ1v) is 6.71. The molecule has 0 aromatic heterocycles. The molecule has 2 aliphatic rings. The predicted molar refractivity (Wildman–Crippen MR) is 68.5 cm³/mol. The molecule has 0 aromatic rings. The highest BCUT2D eigenvalue weighted by molar-refractivity contribution is 4.92. The first-order chi connectivity index (χ1) is 7.52. The molecule has 0 aromatic carbocycles. The van der Waals surface area contributed by atoms with Gasteiger partial charge in [0, 0.05) is 44.3 Å². The van der Waals surface area contributed by atoms with Gasteiger partial charge < -0.3 is 5.73 Å². The molecule has 1 unspecified atom stereocenters. The molecule has 1 aliphatic carbocycles. The van der Waals surface area contributed by atoms with Crippen LogP contribution in [0.4, 0.5) is 0 Å². The van der Waals surface area contributed by atoms with E-state index in [0.29, 0.717) is 11.6 Å². The Labute approximate surface area is 100.0 Å². The second-order valence-electron chi connectivity index (χ2n) is 6.33. The van der Waals surface area contributed by atoms with Crippen molar-refractivity contribution in [3.05, 3.63) is 0 Å². The minimum atomic E-state index is 0.323. The van der Waals surface area contributed by atoms with Crippen LogP contribution in [0.15, 0.2) is 0 Å². The summed E-state index contributed by atoms with van der Waals surface area (Å²) < 4.78 is 0. The molecule has 0 bridgehead atoms. The predicted octanol–water partition coefficient (Wildman–Crippen LogP) is 1.14. The Morgan fingerprint density at radius 2 is 1.69 bits per heavy atom. The summed E-state index contributed by atoms with van der Waals surface area (Å²) in [6, 6.07) is 0.669. The van der Waals surface area contributed by atoms with Crippen molar-refractivity contribution in [2.24, 2.45) is 11.7 Å². The Morgan fingerprint density at radius 3 is 2.06 bits per heavy atom. The molecule has 1 saturated heterocycles. The van der Waals surface area contributed by atoms with E-state index in [9.17, 15) is 0 Å². The average molecular weight is 225 g/mol. The topological polar surface area (TPSA) is 32.5 Å². The van der Waals surface area contributed by atoms with E-state index >= 15 is 0 Å². The van der Waals surface area contributed by atoms with Crippen LogP contribution >= 0.6 is 0 Å². The molecule has 3 nitrogen and oxygen atoms in total. The van der Waals surface area contributed by atoms with Gasteiger partial charge in [-0.05, 0) is 39.5 Å². The van der Waals surface area contributed by atoms with Crippen molar-refractivity contribution in [3.63, 3.8) is 0 Å². The summed E-state index contributed by atoms with van der Waals surface area (Å²) >= 11 is 0. The zero-order valence-corrected chi connectivity index (χ0v) is 11.1. The first-order valence-electron chi connectivity index (χ1n) is 6.71. The third-order valence-electron chi connectivity index (χ3n) is 4.14. The van der Waals surface area contributed by atoms with E-state index in [2.05, 4.69) is 30.6 Å². The third-order valence-corrected chi connectivity index (χ3v) is 4.14. The smallest absolute Gasteiger partial charge is 0.0247 e. The van der Waals surface area contributed by atoms with Gasteiger partial charge in [0.15, 0.2) is 0 Å². The number of hydrogen-bond acceptors (Lipinski definition) is 3. The molecular formula is C13H27N3. The van der Waals surface area contributed by atoms with E-state index in [1.807, 2.05) is 0 Å². The zero-order valence-electron chi connectivity index (χ0n) is 11.1. The Hall–Kier alpha value is -0.120. The van der Waals surface area contributed by atoms with Crippen LogP contribution in [0.3, 0.4) is 0 Å². The van der Waals surface area contributed by atoms with Gasteiger partial charge in [-0.3, -0.25) is 9.80 Å². The molecule has 0 amide bonds. The van der Waals surface area contributed by atoms with Gasteiger partial charge in [-0.25, -0.2) is 0 Å². The number of nitrogens with zero attached hydrogens (tertiary/aromatic N) is 2. The summed E-state index contributed by atoms with van der Waals surface area (Å²) in [6.07, 6.45) is 2.81. The normalized spacial score (nSPS) is 27.0. The maximum Gasteiger partial charge on any atom is 0.0247 e. The molecular weight excluding hydrogens is 198 g/mol. The molecule has 1 heterocycles. The lowest BCUT2D eigenvalue weighted by atomic mass is 10.0. The summed E-state index contributed by atoms with van der Waals surface area (Å²) in [5, 5.41) is 0. The Kier molecular flexibility index (Phi) is 3.57. The van der Waals surface area contributed by atoms with E-state index in [1.54, 1.807) is 0 Å². The molecule has 0 radical (unpaired) electrons. The fraction of sp³-hybridized carbons (Fsp3) is 1.00. The minimum Gasteiger partial charge on any atom is -0.329 e. The fourth-order valence-corrected chi connectivity index (χ4v) is 2.85. The van der Waals surface area contributed by atoms with Crippen molar-refractivity contribution < 1.29 is 0 Å². The van der Waals surface area contributed by atoms with Crippen molar-refractivity contribution in [2.75, 3.05) is 32.7 Å². The average Bonchev–Trinajstić information content (AvgIpc) is 3.03. The highest BCUT2D eigenvalue weighted by Crippen LogP contribution is 2.35. The van der Waals surface area contributed by atoms with Crippen molar-refractivity contribution in [2.45, 2.75) is 45.2 Å². The Balaban J connectivity index is 1.84. The molecule has 1 atom stereocenters. The third kappa shape index (κ3) is 2.76. The van der Waals surface area contributed by atoms with Crippen LogP contribution in [-0.4, -0.2) is 54.1 Å². The molecule has 3 heteroatoms. The summed E-state index contributed by atoms with van der Waals surface area (Å²) in [5.74, 6) is 0.909. The van der Waals surface area contributed by atoms with E-state index in [1.165, 1.54) is 39.0 Å². The van der Waals surface area contributed by atoms with Gasteiger partial charge in [0.2, 0.25) is 0 Å². The molecule has 2 rings (SSSR count). The summed E-state index contributed by atoms with van der Waals surface area (Å²) in [5.41, 5.74) is 6.23. The summed E-state index contributed by atoms with van der Waals surface area (Å²) in [7, 11) is 0. The second-order valence-corrected chi connectivity index (χ2v) is 6.33. The van der Waals surface area contributed by atoms with Gasteiger partial charge in [-0.1, -0.05) is 0 Å². The number of hydrogen-bond donors (Lipinski definition) is 1. The SMILES string of the molecule is CC(C)(C)N1CCN(C(CN)C2CC2)CC1. The van der Waals surface area contributed by atoms with Crippen molar-refractivity contribution in [3.8, 4) is 0 Å². The maximum absolute atomic E-state index is 5.91. The minimum absolute atomic E-state index is 0.323. The second kappa shape index (κ2) is 4.63. The van der Waals surface area contributed by atoms with E-state index in [-0.39, 0.29) is 0 Å². The highest BCUT2D eigenvalue weighted by atomic mass is 15.3. The number of piperazine rings is 1. The van der Waals surface area contributed by atoms with Gasteiger partial charge in [0.05, 0.1) is 0 Å². The van der Waals surface area contributed by atoms with E-state index < -0.39 is 0 Å². The largest absolute Gasteiger partial charge is 0.329 e. The van der Waals surface area contributed by atoms with Crippen LogP contribution in [0, 0.1) is 5.92 Å². The van der Waals surface area contributed by atoms with Gasteiger partial charge >= 0.3 is 0 Å². The summed E-state index contributed by atoms with van der Waals surface area (Å²) in [4.78, 5) is 5.21. The molecule has 2 N–H and O–H groups in total. The lowest BCUT2D eigenvalue weighted by Gasteiger charge is -2.44. The van der Waals surface area contributed by atoms with Gasteiger partial charge in [0.1, 0.15) is 0 Å². The van der Waals surface area contributed by atoms with Gasteiger partial charge in [0.25, 0.3) is 0 Å². The monoisotopic (exact) mass is 225 g/mol. The number of nitrogens with two attached hydrogens (primary N) is 1. The van der Waals surface area contributed by atoms with E-state index in [0.717, 1.165) is 12.5 Å². The molecule has 1 aliphatic heterocycles. The number of rotatable bonds is 3. The van der Waals surface area contributed by atoms with Crippen LogP contribution in [0.25, 0.3) is 0 Å². The Morgan fingerprint density at radius 1 is 1.12 bits per heavy atom. The standard InChI is InChI=1S/C13H27N3/c1-13(2,3)16-8-6-15(7-9-16)12(10-14)11-4-5-11/h11-12H,4-10,14H2,1-3H3. The molecule has 16 heavy (non-hydrogen) atoms. The van der Waals surface area contributed by atoms with Crippen molar-refractivity contribution in [1.82, 2.24) is 9.80 Å². The van der Waals surface area contributed by atoms with Crippen LogP contribution in [0.1, 0.15) is 33.6 Å². The van der Waals surface area contributed by atoms with Crippen molar-refractivity contribution >= 4 is 0 Å². The lowest BCUT2D eigenvalue weighted by molar-refractivity contribution is 0.0389. The molecule has 94 valence electrons. The van der Waals surface area contributed by atoms with Crippen LogP contribution in [0.2, 0.25) is 0 Å². The van der Waals surface area contributed by atoms with Crippen LogP contribution in [0.5, 0.6) is 0 Å². The van der Waals surface area contributed by atoms with Crippen LogP contribution < -0.4 is 5.73 Å². The highest BCUT2D eigenvalue weighted by Gasteiger charge is 2.36. The zero-order chi connectivity index (χ0) is 11.8. The molecule has 2 fully saturated rings. The molecule has 1 saturated carbocycles. The van der Waals surface area contributed by atoms with Crippen LogP contribution in [-0.2, 0) is 0 Å². The maximum atomic E-state index is 5.91.